The Morgan fingerprint density at radius 2 is 2.46 bits per heavy atom. The lowest BCUT2D eigenvalue weighted by molar-refractivity contribution is 0.0958. The molecule has 72 valence electrons. The lowest BCUT2D eigenvalue weighted by Crippen LogP contribution is -2.06. The Balaban J connectivity index is 2.42. The van der Waals surface area contributed by atoms with Crippen LogP contribution in [0, 0.1) is 5.92 Å². The molecule has 0 spiro atoms. The Morgan fingerprint density at radius 1 is 1.69 bits per heavy atom. The van der Waals surface area contributed by atoms with Crippen molar-refractivity contribution in [2.45, 2.75) is 33.1 Å². The molecule has 4 heteroatoms. The van der Waals surface area contributed by atoms with Crippen LogP contribution in [0.1, 0.15) is 43.6 Å². The minimum atomic E-state index is 0.120. The molecule has 1 atom stereocenters. The van der Waals surface area contributed by atoms with Crippen LogP contribution < -0.4 is 0 Å². The summed E-state index contributed by atoms with van der Waals surface area (Å²) in [7, 11) is 0. The van der Waals surface area contributed by atoms with E-state index in [0.29, 0.717) is 18.0 Å². The van der Waals surface area contributed by atoms with Crippen molar-refractivity contribution < 1.29 is 4.79 Å². The second-order valence-corrected chi connectivity index (χ2v) is 3.87. The summed E-state index contributed by atoms with van der Waals surface area (Å²) in [5, 5.41) is 0. The van der Waals surface area contributed by atoms with E-state index >= 15 is 0 Å². The highest BCUT2D eigenvalue weighted by molar-refractivity contribution is 6.99. The highest BCUT2D eigenvalue weighted by atomic mass is 32.1. The molecule has 1 rings (SSSR count). The fourth-order valence-corrected chi connectivity index (χ4v) is 1.73. The van der Waals surface area contributed by atoms with E-state index in [1.165, 1.54) is 0 Å². The van der Waals surface area contributed by atoms with Crippen LogP contribution in [0.4, 0.5) is 0 Å². The van der Waals surface area contributed by atoms with E-state index in [1.54, 1.807) is 6.20 Å². The van der Waals surface area contributed by atoms with Gasteiger partial charge in [0.15, 0.2) is 5.78 Å². The van der Waals surface area contributed by atoms with E-state index in [4.69, 9.17) is 0 Å². The summed E-state index contributed by atoms with van der Waals surface area (Å²) in [4.78, 5) is 11.5. The quantitative estimate of drug-likeness (QED) is 0.683. The maximum absolute atomic E-state index is 11.5. The topological polar surface area (TPSA) is 42.9 Å². The molecule has 0 aromatic carbocycles. The Labute approximate surface area is 82.5 Å². The molecule has 0 saturated heterocycles. The number of carbonyl (C=O) groups excluding carboxylic acids is 1. The van der Waals surface area contributed by atoms with Crippen molar-refractivity contribution in [1.29, 1.82) is 0 Å². The number of aromatic nitrogens is 2. The lowest BCUT2D eigenvalue weighted by Gasteiger charge is -2.06. The Kier molecular flexibility index (Phi) is 4.02. The molecule has 3 nitrogen and oxygen atoms in total. The number of hydrogen-bond acceptors (Lipinski definition) is 4. The van der Waals surface area contributed by atoms with E-state index in [-0.39, 0.29) is 5.78 Å². The van der Waals surface area contributed by atoms with Gasteiger partial charge in [-0.15, -0.1) is 0 Å². The average molecular weight is 198 g/mol. The third kappa shape index (κ3) is 3.22. The molecule has 0 radical (unpaired) electrons. The molecule has 0 aliphatic heterocycles. The number of hydrogen-bond donors (Lipinski definition) is 0. The molecule has 1 unspecified atom stereocenters. The molecule has 13 heavy (non-hydrogen) atoms. The lowest BCUT2D eigenvalue weighted by atomic mass is 9.99. The third-order valence-electron chi connectivity index (χ3n) is 1.96. The van der Waals surface area contributed by atoms with Crippen molar-refractivity contribution in [3.63, 3.8) is 0 Å². The Hall–Kier alpha value is -0.770. The van der Waals surface area contributed by atoms with Crippen molar-refractivity contribution in [2.75, 3.05) is 0 Å². The summed E-state index contributed by atoms with van der Waals surface area (Å²) in [6.45, 7) is 4.23. The first kappa shape index (κ1) is 10.3. The molecule has 0 fully saturated rings. The van der Waals surface area contributed by atoms with Crippen molar-refractivity contribution in [1.82, 2.24) is 8.75 Å². The summed E-state index contributed by atoms with van der Waals surface area (Å²) in [6, 6.07) is 0. The van der Waals surface area contributed by atoms with E-state index in [2.05, 4.69) is 22.6 Å². The van der Waals surface area contributed by atoms with Gasteiger partial charge < -0.3 is 0 Å². The van der Waals surface area contributed by atoms with Crippen molar-refractivity contribution in [2.24, 2.45) is 5.92 Å². The summed E-state index contributed by atoms with van der Waals surface area (Å²) in [6.07, 6.45) is 4.37. The van der Waals surface area contributed by atoms with Crippen LogP contribution in [-0.4, -0.2) is 14.5 Å². The van der Waals surface area contributed by atoms with Gasteiger partial charge in [0, 0.05) is 6.42 Å². The standard InChI is InChI=1S/C9H14N2OS/c1-3-4-7(2)5-9(12)8-6-10-13-11-8/h6-7H,3-5H2,1-2H3. The first-order valence-corrected chi connectivity index (χ1v) is 5.27. The maximum Gasteiger partial charge on any atom is 0.184 e. The third-order valence-corrected chi connectivity index (χ3v) is 2.44. The van der Waals surface area contributed by atoms with Crippen LogP contribution in [0.3, 0.4) is 0 Å². The Bertz CT molecular complexity index is 259. The van der Waals surface area contributed by atoms with Crippen LogP contribution in [0.2, 0.25) is 0 Å². The van der Waals surface area contributed by atoms with Crippen LogP contribution in [0.25, 0.3) is 0 Å². The SMILES string of the molecule is CCCC(C)CC(=O)c1cnsn1. The van der Waals surface area contributed by atoms with Crippen molar-refractivity contribution >= 4 is 17.5 Å². The van der Waals surface area contributed by atoms with Gasteiger partial charge in [0.25, 0.3) is 0 Å². The van der Waals surface area contributed by atoms with Crippen LogP contribution in [0.15, 0.2) is 6.20 Å². The first-order chi connectivity index (χ1) is 6.24. The number of Topliss-reactive ketones (excluding diaryl/α,β-unsaturated/α-hetero) is 1. The van der Waals surface area contributed by atoms with Gasteiger partial charge >= 0.3 is 0 Å². The molecule has 1 heterocycles. The van der Waals surface area contributed by atoms with Gasteiger partial charge in [0.1, 0.15) is 5.69 Å². The molecule has 0 bridgehead atoms. The summed E-state index contributed by atoms with van der Waals surface area (Å²) >= 11 is 1.09. The van der Waals surface area contributed by atoms with E-state index < -0.39 is 0 Å². The number of rotatable bonds is 5. The predicted molar refractivity (Wildman–Crippen MR) is 52.9 cm³/mol. The second-order valence-electron chi connectivity index (χ2n) is 3.31. The second kappa shape index (κ2) is 5.07. The van der Waals surface area contributed by atoms with Gasteiger partial charge in [-0.25, -0.2) is 0 Å². The normalized spacial score (nSPS) is 12.8. The van der Waals surface area contributed by atoms with Crippen LogP contribution in [-0.2, 0) is 0 Å². The minimum absolute atomic E-state index is 0.120. The monoisotopic (exact) mass is 198 g/mol. The average Bonchev–Trinajstić information content (AvgIpc) is 2.55. The van der Waals surface area contributed by atoms with Crippen molar-refractivity contribution in [3.05, 3.63) is 11.9 Å². The summed E-state index contributed by atoms with van der Waals surface area (Å²) in [5.74, 6) is 0.578. The van der Waals surface area contributed by atoms with Crippen molar-refractivity contribution in [3.8, 4) is 0 Å². The largest absolute Gasteiger partial charge is 0.292 e. The first-order valence-electron chi connectivity index (χ1n) is 4.54. The van der Waals surface area contributed by atoms with Gasteiger partial charge in [-0.1, -0.05) is 26.7 Å². The van der Waals surface area contributed by atoms with Gasteiger partial charge in [0.2, 0.25) is 0 Å². The van der Waals surface area contributed by atoms with Gasteiger partial charge in [-0.2, -0.15) is 8.75 Å². The molecular formula is C9H14N2OS. The maximum atomic E-state index is 11.5. The fraction of sp³-hybridized carbons (Fsp3) is 0.667. The molecular weight excluding hydrogens is 184 g/mol. The van der Waals surface area contributed by atoms with E-state index in [0.717, 1.165) is 24.6 Å². The smallest absolute Gasteiger partial charge is 0.184 e. The highest BCUT2D eigenvalue weighted by Crippen LogP contribution is 2.13. The van der Waals surface area contributed by atoms with Crippen LogP contribution >= 0.6 is 11.7 Å². The molecule has 1 aromatic rings. The van der Waals surface area contributed by atoms with E-state index in [1.807, 2.05) is 0 Å². The van der Waals surface area contributed by atoms with Gasteiger partial charge in [-0.3, -0.25) is 4.79 Å². The molecule has 0 N–H and O–H groups in total. The van der Waals surface area contributed by atoms with Gasteiger partial charge in [-0.05, 0) is 5.92 Å². The summed E-state index contributed by atoms with van der Waals surface area (Å²) in [5.41, 5.74) is 0.521. The fourth-order valence-electron chi connectivity index (χ4n) is 1.30. The van der Waals surface area contributed by atoms with E-state index in [9.17, 15) is 4.79 Å². The minimum Gasteiger partial charge on any atom is -0.292 e. The van der Waals surface area contributed by atoms with Gasteiger partial charge in [0.05, 0.1) is 17.9 Å². The molecule has 0 amide bonds. The zero-order valence-electron chi connectivity index (χ0n) is 7.99. The number of nitrogens with zero attached hydrogens (tertiary/aromatic N) is 2. The number of ketones is 1. The zero-order valence-corrected chi connectivity index (χ0v) is 8.80. The van der Waals surface area contributed by atoms with Crippen LogP contribution in [0.5, 0.6) is 0 Å². The summed E-state index contributed by atoms with van der Waals surface area (Å²) < 4.78 is 7.72. The Morgan fingerprint density at radius 3 is 3.00 bits per heavy atom. The molecule has 0 aliphatic carbocycles. The molecule has 0 aliphatic rings. The number of carbonyl (C=O) groups is 1. The zero-order chi connectivity index (χ0) is 9.68. The predicted octanol–water partition coefficient (Wildman–Crippen LogP) is 2.55. The highest BCUT2D eigenvalue weighted by Gasteiger charge is 2.12. The molecule has 0 saturated carbocycles. The molecule has 1 aromatic heterocycles.